The summed E-state index contributed by atoms with van der Waals surface area (Å²) in [5, 5.41) is 27.3. The highest BCUT2D eigenvalue weighted by molar-refractivity contribution is 7.18. The number of piperazine rings is 1. The number of aliphatic hydroxyl groups is 1. The van der Waals surface area contributed by atoms with E-state index in [1.165, 1.54) is 0 Å². The Labute approximate surface area is 674 Å². The molecule has 12 aromatic heterocycles. The monoisotopic (exact) mass is 1580 g/mol. The Hall–Kier alpha value is -12.3. The summed E-state index contributed by atoms with van der Waals surface area (Å²) in [4.78, 5) is 90.2. The van der Waals surface area contributed by atoms with Gasteiger partial charge in [0.25, 0.3) is 0 Å². The zero-order valence-corrected chi connectivity index (χ0v) is 65.6. The number of pyridine rings is 4. The highest BCUT2D eigenvalue weighted by Gasteiger charge is 2.30. The molecule has 23 nitrogen and oxygen atoms in total. The number of fused-ring (bicyclic) bond motifs is 4. The molecule has 4 aromatic carbocycles. The van der Waals surface area contributed by atoms with E-state index in [9.17, 15) is 9.59 Å². The number of amides is 2. The van der Waals surface area contributed by atoms with E-state index in [-0.39, 0.29) is 24.3 Å². The quantitative estimate of drug-likeness (QED) is 0.0616. The molecule has 1 atom stereocenters. The average Bonchev–Trinajstić information content (AvgIpc) is 1.58. The van der Waals surface area contributed by atoms with Gasteiger partial charge in [0.2, 0.25) is 11.8 Å². The van der Waals surface area contributed by atoms with Crippen molar-refractivity contribution in [3.05, 3.63) is 240 Å². The van der Waals surface area contributed by atoms with E-state index in [4.69, 9.17) is 55.4 Å². The predicted molar refractivity (Wildman–Crippen MR) is 459 cm³/mol. The van der Waals surface area contributed by atoms with Crippen LogP contribution in [-0.2, 0) is 14.3 Å². The summed E-state index contributed by atoms with van der Waals surface area (Å²) in [7, 11) is 0. The number of hydrogen-bond donors (Lipinski definition) is 4. The molecular weight excluding hydrogens is 1500 g/mol. The third-order valence-corrected chi connectivity index (χ3v) is 23.2. The number of morpholine rings is 1. The zero-order valence-electron chi connectivity index (χ0n) is 62.3. The number of piperidine rings is 1. The van der Waals surface area contributed by atoms with Gasteiger partial charge in [0.15, 0.2) is 29.1 Å². The van der Waals surface area contributed by atoms with Crippen LogP contribution in [0.25, 0.3) is 131 Å². The van der Waals surface area contributed by atoms with Gasteiger partial charge >= 0.3 is 0 Å². The topological polar surface area (TPSA) is 281 Å². The number of aliphatic hydroxyl groups excluding tert-OH is 1. The number of carbonyl (C=O) groups is 2. The lowest BCUT2D eigenvalue weighted by Crippen LogP contribution is -2.48. The summed E-state index contributed by atoms with van der Waals surface area (Å²) in [6.45, 7) is 9.78. The molecule has 1 unspecified atom stereocenters. The van der Waals surface area contributed by atoms with Gasteiger partial charge in [-0.2, -0.15) is 0 Å². The molecule has 3 aliphatic rings. The molecule has 114 heavy (non-hydrogen) atoms. The molecule has 15 heterocycles. The van der Waals surface area contributed by atoms with Crippen LogP contribution in [0.4, 0.5) is 23.3 Å². The van der Waals surface area contributed by atoms with Gasteiger partial charge < -0.3 is 41.0 Å². The van der Waals surface area contributed by atoms with E-state index >= 15 is 0 Å². The van der Waals surface area contributed by atoms with Gasteiger partial charge in [-0.1, -0.05) is 146 Å². The smallest absolute Gasteiger partial charge is 0.222 e. The number of anilines is 4. The molecule has 0 bridgehead atoms. The lowest BCUT2D eigenvalue weighted by Gasteiger charge is -2.35. The van der Waals surface area contributed by atoms with Crippen molar-refractivity contribution in [2.24, 2.45) is 11.7 Å². The molecule has 0 spiro atoms. The molecule has 19 rings (SSSR count). The van der Waals surface area contributed by atoms with Crippen LogP contribution < -0.4 is 26.3 Å². The summed E-state index contributed by atoms with van der Waals surface area (Å²) in [5.41, 5.74) is 21.2. The third-order valence-electron chi connectivity index (χ3n) is 19.7. The van der Waals surface area contributed by atoms with Gasteiger partial charge in [-0.05, 0) is 90.0 Å². The highest BCUT2D eigenvalue weighted by Crippen LogP contribution is 2.44. The van der Waals surface area contributed by atoms with Crippen LogP contribution in [0.1, 0.15) is 26.2 Å². The Kier molecular flexibility index (Phi) is 23.9. The van der Waals surface area contributed by atoms with Crippen LogP contribution in [0.15, 0.2) is 240 Å². The summed E-state index contributed by atoms with van der Waals surface area (Å²) >= 11 is 6.47. The van der Waals surface area contributed by atoms with Crippen molar-refractivity contribution >= 4 is 121 Å². The molecule has 16 aromatic rings. The first-order valence-corrected chi connectivity index (χ1v) is 41.2. The van der Waals surface area contributed by atoms with Crippen LogP contribution in [0.2, 0.25) is 0 Å². The van der Waals surface area contributed by atoms with E-state index in [1.54, 1.807) is 77.1 Å². The van der Waals surface area contributed by atoms with E-state index in [0.717, 1.165) is 177 Å². The number of nitrogens with zero attached hydrogens (tertiary/aromatic N) is 16. The lowest BCUT2D eigenvalue weighted by atomic mass is 9.97. The number of benzene rings is 4. The molecule has 3 saturated heterocycles. The summed E-state index contributed by atoms with van der Waals surface area (Å²) in [5.74, 6) is 5.54. The molecule has 27 heteroatoms. The van der Waals surface area contributed by atoms with Gasteiger partial charge in [0, 0.05) is 141 Å². The van der Waals surface area contributed by atoms with Gasteiger partial charge in [-0.3, -0.25) is 29.5 Å². The second-order valence-electron chi connectivity index (χ2n) is 27.1. The normalized spacial score (nSPS) is 14.3. The molecule has 0 aliphatic carbocycles. The lowest BCUT2D eigenvalue weighted by molar-refractivity contribution is -0.129. The third kappa shape index (κ3) is 17.3. The van der Waals surface area contributed by atoms with Crippen LogP contribution in [-0.4, -0.2) is 165 Å². The van der Waals surface area contributed by atoms with E-state index in [2.05, 4.69) is 128 Å². The summed E-state index contributed by atoms with van der Waals surface area (Å²) in [6.07, 6.45) is 9.40. The number of aromatic nitrogens is 12. The maximum absolute atomic E-state index is 11.9. The first kappa shape index (κ1) is 75.7. The minimum atomic E-state index is -0.247. The number of nitrogens with two attached hydrogens (primary N) is 1. The number of rotatable bonds is 17. The Balaban J connectivity index is 0.000000115. The molecule has 0 radical (unpaired) electrons. The first-order chi connectivity index (χ1) is 56.2. The van der Waals surface area contributed by atoms with Gasteiger partial charge in [-0.15, -0.1) is 45.3 Å². The largest absolute Gasteiger partial charge is 0.396 e. The van der Waals surface area contributed by atoms with Crippen molar-refractivity contribution in [1.82, 2.24) is 69.7 Å². The number of hydrogen-bond acceptors (Lipinski definition) is 25. The van der Waals surface area contributed by atoms with Crippen LogP contribution in [0.3, 0.4) is 0 Å². The molecule has 2 amide bonds. The fourth-order valence-corrected chi connectivity index (χ4v) is 17.7. The van der Waals surface area contributed by atoms with Crippen LogP contribution in [0.5, 0.6) is 0 Å². The van der Waals surface area contributed by atoms with Gasteiger partial charge in [0.05, 0.1) is 40.7 Å². The summed E-state index contributed by atoms with van der Waals surface area (Å²) in [6, 6.07) is 64.2. The van der Waals surface area contributed by atoms with Crippen molar-refractivity contribution < 1.29 is 19.4 Å². The Morgan fingerprint density at radius 1 is 0.447 bits per heavy atom. The van der Waals surface area contributed by atoms with Gasteiger partial charge in [0.1, 0.15) is 59.6 Å². The number of nitrogens with one attached hydrogen (secondary N) is 2. The first-order valence-electron chi connectivity index (χ1n) is 37.7. The number of carbonyl (C=O) groups excluding carboxylic acids is 2. The van der Waals surface area contributed by atoms with Crippen molar-refractivity contribution in [1.29, 1.82) is 0 Å². The fraction of sp³-hybridized carbons (Fsp3) is 0.195. The molecule has 5 N–H and O–H groups in total. The Bertz CT molecular complexity index is 5910. The van der Waals surface area contributed by atoms with Crippen molar-refractivity contribution in [2.75, 3.05) is 99.3 Å². The van der Waals surface area contributed by atoms with E-state index in [1.807, 2.05) is 138 Å². The predicted octanol–water partition coefficient (Wildman–Crippen LogP) is 16.5. The number of primary amides is 1. The highest BCUT2D eigenvalue weighted by atomic mass is 32.1. The SMILES string of the molecule is CC(=O)N1CCN(c2nc(-c3ccccn3)nc3scc(-c4ccccc4)c23)CC1.NC(=O)C1CCCN(c2nc(-c3ccccn3)nc3scc(-c4ccccc4)c23)C1.OCCCNc1nc(-c2ccccn2)nc2scc(-c3ccccc3)c12.c1ccc(-c2csc3nc(-c4ccccn4)nc(NN4CCOCC4)c23)cc1. The molecule has 0 saturated carbocycles. The maximum Gasteiger partial charge on any atom is 0.222 e. The van der Waals surface area contributed by atoms with Crippen LogP contribution in [0, 0.1) is 5.92 Å². The van der Waals surface area contributed by atoms with Gasteiger partial charge in [-0.25, -0.2) is 44.9 Å². The molecule has 3 aliphatic heterocycles. The van der Waals surface area contributed by atoms with Crippen LogP contribution >= 0.6 is 45.3 Å². The number of ether oxygens (including phenoxy) is 1. The second-order valence-corrected chi connectivity index (χ2v) is 30.5. The Morgan fingerprint density at radius 2 is 0.825 bits per heavy atom. The Morgan fingerprint density at radius 3 is 1.22 bits per heavy atom. The maximum atomic E-state index is 11.9. The van der Waals surface area contributed by atoms with E-state index in [0.29, 0.717) is 69.1 Å². The molecule has 570 valence electrons. The summed E-state index contributed by atoms with van der Waals surface area (Å²) < 4.78 is 5.47. The molecular formula is C87H79N19O4S4. The number of thiophene rings is 4. The minimum absolute atomic E-state index is 0.122. The molecule has 3 fully saturated rings. The minimum Gasteiger partial charge on any atom is -0.396 e. The second kappa shape index (κ2) is 36.0. The van der Waals surface area contributed by atoms with E-state index < -0.39 is 0 Å². The van der Waals surface area contributed by atoms with Crippen molar-refractivity contribution in [3.63, 3.8) is 0 Å². The zero-order chi connectivity index (χ0) is 77.5. The number of hydrazine groups is 1. The standard InChI is InChI=1S/2C23H21N5OS.C21H19N5OS.C20H18N4OS/c1-16(29)27-11-13-28(14-12-27)22-20-18(17-7-3-2-4-8-17)15-30-23(20)26-21(25-22)19-9-5-6-10-24-19;24-20(29)16-9-6-12-28(13-16)22-19-17(15-7-2-1-3-8-15)14-30-23(19)27-21(26-22)18-10-4-5-11-25-18;1-2-6-15(7-3-1)16-14-28-21-18(16)20(25-26-10-12-27-13-11-26)23-19(24-21)17-8-4-5-9-22-17;25-12-6-11-22-19-17-15(14-7-2-1-3-8-14)13-26-20(17)24-18(23-19)16-9-4-5-10-21-16/h2-10,15H,11-14H2,1H3;1-5,7-8,10-11,14,16H,6,9,12-13H2,(H2,24,29);1-9,14H,10-13H2,(H,23,24,25);1-5,7-10,13,25H,6,11-12H2,(H,22,23,24). The average molecular weight is 1580 g/mol. The van der Waals surface area contributed by atoms with Crippen molar-refractivity contribution in [2.45, 2.75) is 26.2 Å². The fourth-order valence-electron chi connectivity index (χ4n) is 13.9. The van der Waals surface area contributed by atoms with Crippen molar-refractivity contribution in [3.8, 4) is 90.6 Å².